The Kier molecular flexibility index (Phi) is 7.59. The van der Waals surface area contributed by atoms with E-state index in [1.807, 2.05) is 0 Å². The van der Waals surface area contributed by atoms with Crippen molar-refractivity contribution in [3.05, 3.63) is 87.9 Å². The Bertz CT molecular complexity index is 1430. The van der Waals surface area contributed by atoms with Crippen molar-refractivity contribution in [3.8, 4) is 17.2 Å². The van der Waals surface area contributed by atoms with E-state index >= 15 is 0 Å². The molecule has 3 aromatic rings. The van der Waals surface area contributed by atoms with Crippen LogP contribution in [0.3, 0.4) is 0 Å². The van der Waals surface area contributed by atoms with Crippen LogP contribution < -0.4 is 19.1 Å². The van der Waals surface area contributed by atoms with E-state index < -0.39 is 29.5 Å². The fourth-order valence-corrected chi connectivity index (χ4v) is 4.50. The Morgan fingerprint density at radius 1 is 0.868 bits per heavy atom. The van der Waals surface area contributed by atoms with Crippen LogP contribution in [-0.2, 0) is 14.3 Å². The van der Waals surface area contributed by atoms with E-state index in [0.717, 1.165) is 0 Å². The van der Waals surface area contributed by atoms with Gasteiger partial charge < -0.3 is 24.1 Å². The number of ketones is 1. The summed E-state index contributed by atoms with van der Waals surface area (Å²) in [5.41, 5.74) is 1.08. The highest BCUT2D eigenvalue weighted by Gasteiger charge is 2.47. The number of carbonyl (C=O) groups is 3. The van der Waals surface area contributed by atoms with Crippen LogP contribution in [-0.4, -0.2) is 51.2 Å². The Hall–Kier alpha value is -4.50. The summed E-state index contributed by atoms with van der Waals surface area (Å²) in [5, 5.41) is 11.7. The first-order valence-corrected chi connectivity index (χ1v) is 11.7. The first-order chi connectivity index (χ1) is 18.2. The lowest BCUT2D eigenvalue weighted by Gasteiger charge is -2.26. The molecule has 1 heterocycles. The molecular formula is C28H24ClNO8. The third-order valence-electron chi connectivity index (χ3n) is 6.17. The van der Waals surface area contributed by atoms with Gasteiger partial charge in [-0.05, 0) is 48.0 Å². The van der Waals surface area contributed by atoms with Crippen LogP contribution in [0.1, 0.15) is 27.5 Å². The summed E-state index contributed by atoms with van der Waals surface area (Å²) >= 11 is 6.22. The number of carbonyl (C=O) groups excluding carboxylic acids is 3. The van der Waals surface area contributed by atoms with E-state index in [1.54, 1.807) is 24.3 Å². The number of anilines is 1. The first-order valence-electron chi connectivity index (χ1n) is 11.3. The molecule has 4 rings (SSSR count). The zero-order valence-electron chi connectivity index (χ0n) is 21.0. The second-order valence-corrected chi connectivity index (χ2v) is 8.57. The SMILES string of the molecule is COC(=O)c1ccc(N2C(=O)C(=O)/C(=C(/O)c3cc(OC)c(Cl)cc3OC)C2c2ccc(OC)cc2)cc1. The van der Waals surface area contributed by atoms with E-state index in [9.17, 15) is 19.5 Å². The van der Waals surface area contributed by atoms with E-state index in [1.165, 1.54) is 69.7 Å². The van der Waals surface area contributed by atoms with E-state index in [0.29, 0.717) is 17.0 Å². The number of methoxy groups -OCH3 is 4. The molecule has 10 heteroatoms. The van der Waals surface area contributed by atoms with Gasteiger partial charge in [-0.1, -0.05) is 23.7 Å². The van der Waals surface area contributed by atoms with Crippen molar-refractivity contribution >= 4 is 40.7 Å². The summed E-state index contributed by atoms with van der Waals surface area (Å²) in [6, 6.07) is 14.6. The number of hydrogen-bond donors (Lipinski definition) is 1. The molecule has 0 aliphatic carbocycles. The maximum Gasteiger partial charge on any atom is 0.337 e. The van der Waals surface area contributed by atoms with Crippen molar-refractivity contribution in [1.82, 2.24) is 0 Å². The number of nitrogens with zero attached hydrogens (tertiary/aromatic N) is 1. The zero-order chi connectivity index (χ0) is 27.6. The van der Waals surface area contributed by atoms with Crippen LogP contribution in [0.25, 0.3) is 5.76 Å². The van der Waals surface area contributed by atoms with E-state index in [4.69, 9.17) is 30.5 Å². The van der Waals surface area contributed by atoms with Gasteiger partial charge in [-0.2, -0.15) is 0 Å². The second-order valence-electron chi connectivity index (χ2n) is 8.17. The molecule has 1 saturated heterocycles. The lowest BCUT2D eigenvalue weighted by molar-refractivity contribution is -0.132. The molecule has 1 N–H and O–H groups in total. The topological polar surface area (TPSA) is 112 Å². The number of ether oxygens (including phenoxy) is 4. The van der Waals surface area contributed by atoms with Crippen LogP contribution in [0, 0.1) is 0 Å². The average Bonchev–Trinajstić information content (AvgIpc) is 3.21. The highest BCUT2D eigenvalue weighted by molar-refractivity contribution is 6.51. The Balaban J connectivity index is 1.95. The molecule has 1 atom stereocenters. The molecular weight excluding hydrogens is 514 g/mol. The van der Waals surface area contributed by atoms with Gasteiger partial charge in [-0.3, -0.25) is 14.5 Å². The van der Waals surface area contributed by atoms with Crippen LogP contribution in [0.15, 0.2) is 66.2 Å². The molecule has 0 saturated carbocycles. The lowest BCUT2D eigenvalue weighted by atomic mass is 9.94. The number of halogens is 1. The van der Waals surface area contributed by atoms with Gasteiger partial charge in [0.1, 0.15) is 23.0 Å². The molecule has 1 aliphatic heterocycles. The van der Waals surface area contributed by atoms with Gasteiger partial charge in [-0.25, -0.2) is 4.79 Å². The normalized spacial score (nSPS) is 16.3. The minimum atomic E-state index is -1.02. The Morgan fingerprint density at radius 3 is 2.05 bits per heavy atom. The Morgan fingerprint density at radius 2 is 1.50 bits per heavy atom. The molecule has 0 bridgehead atoms. The molecule has 0 radical (unpaired) electrons. The maximum atomic E-state index is 13.4. The summed E-state index contributed by atoms with van der Waals surface area (Å²) < 4.78 is 20.7. The highest BCUT2D eigenvalue weighted by Crippen LogP contribution is 2.45. The summed E-state index contributed by atoms with van der Waals surface area (Å²) in [7, 11) is 5.58. The molecule has 0 aromatic heterocycles. The summed E-state index contributed by atoms with van der Waals surface area (Å²) in [6.45, 7) is 0. The van der Waals surface area contributed by atoms with Crippen molar-refractivity contribution in [2.75, 3.05) is 33.3 Å². The minimum absolute atomic E-state index is 0.117. The summed E-state index contributed by atoms with van der Waals surface area (Å²) in [5.74, 6) is -1.80. The first kappa shape index (κ1) is 26.6. The molecule has 0 spiro atoms. The second kappa shape index (κ2) is 10.9. The third kappa shape index (κ3) is 4.64. The lowest BCUT2D eigenvalue weighted by Crippen LogP contribution is -2.29. The number of hydrogen-bond acceptors (Lipinski definition) is 8. The molecule has 1 amide bonds. The molecule has 1 aliphatic rings. The van der Waals surface area contributed by atoms with Gasteiger partial charge in [0.25, 0.3) is 11.7 Å². The molecule has 196 valence electrons. The van der Waals surface area contributed by atoms with Crippen molar-refractivity contribution in [2.24, 2.45) is 0 Å². The number of aliphatic hydroxyl groups is 1. The van der Waals surface area contributed by atoms with Gasteiger partial charge in [0, 0.05) is 11.8 Å². The van der Waals surface area contributed by atoms with Gasteiger partial charge in [0.05, 0.1) is 56.2 Å². The van der Waals surface area contributed by atoms with E-state index in [-0.39, 0.29) is 33.2 Å². The quantitative estimate of drug-likeness (QED) is 0.198. The monoisotopic (exact) mass is 537 g/mol. The molecule has 1 fully saturated rings. The molecule has 1 unspecified atom stereocenters. The highest BCUT2D eigenvalue weighted by atomic mass is 35.5. The maximum absolute atomic E-state index is 13.4. The Labute approximate surface area is 223 Å². The van der Waals surface area contributed by atoms with Crippen LogP contribution >= 0.6 is 11.6 Å². The minimum Gasteiger partial charge on any atom is -0.507 e. The van der Waals surface area contributed by atoms with Crippen molar-refractivity contribution < 1.29 is 38.4 Å². The smallest absolute Gasteiger partial charge is 0.337 e. The van der Waals surface area contributed by atoms with Crippen molar-refractivity contribution in [1.29, 1.82) is 0 Å². The number of amides is 1. The standard InChI is InChI=1S/C28H24ClNO8/c1-35-18-11-7-15(8-12-18)24-23(25(31)19-13-22(37-3)20(29)14-21(19)36-2)26(32)27(33)30(24)17-9-5-16(6-10-17)28(34)38-4/h5-14,24,31H,1-4H3/b25-23+. The fourth-order valence-electron chi connectivity index (χ4n) is 4.27. The predicted molar refractivity (Wildman–Crippen MR) is 140 cm³/mol. The van der Waals surface area contributed by atoms with Crippen molar-refractivity contribution in [3.63, 3.8) is 0 Å². The van der Waals surface area contributed by atoms with Crippen LogP contribution in [0.2, 0.25) is 5.02 Å². The fraction of sp³-hybridized carbons (Fsp3) is 0.179. The van der Waals surface area contributed by atoms with Crippen molar-refractivity contribution in [2.45, 2.75) is 6.04 Å². The number of esters is 1. The number of aliphatic hydroxyl groups excluding tert-OH is 1. The third-order valence-corrected chi connectivity index (χ3v) is 6.47. The van der Waals surface area contributed by atoms with E-state index in [2.05, 4.69) is 0 Å². The average molecular weight is 538 g/mol. The number of benzene rings is 3. The predicted octanol–water partition coefficient (Wildman–Crippen LogP) is 4.78. The number of rotatable bonds is 7. The van der Waals surface area contributed by atoms with Gasteiger partial charge >= 0.3 is 5.97 Å². The van der Waals surface area contributed by atoms with Gasteiger partial charge in [0.2, 0.25) is 0 Å². The number of Topliss-reactive ketones (excluding diaryl/α,β-unsaturated/α-hetero) is 1. The molecule has 9 nitrogen and oxygen atoms in total. The molecule has 38 heavy (non-hydrogen) atoms. The zero-order valence-corrected chi connectivity index (χ0v) is 21.7. The summed E-state index contributed by atoms with van der Waals surface area (Å²) in [4.78, 5) is 40.0. The summed E-state index contributed by atoms with van der Waals surface area (Å²) in [6.07, 6.45) is 0. The van der Waals surface area contributed by atoms with Crippen LogP contribution in [0.5, 0.6) is 17.2 Å². The molecule has 3 aromatic carbocycles. The van der Waals surface area contributed by atoms with Crippen LogP contribution in [0.4, 0.5) is 5.69 Å². The van der Waals surface area contributed by atoms with Gasteiger partial charge in [0.15, 0.2) is 0 Å². The largest absolute Gasteiger partial charge is 0.507 e. The van der Waals surface area contributed by atoms with Gasteiger partial charge in [-0.15, -0.1) is 0 Å².